The summed E-state index contributed by atoms with van der Waals surface area (Å²) in [5.41, 5.74) is 1.41. The number of rotatable bonds is 2. The Hall–Kier alpha value is -0.870. The summed E-state index contributed by atoms with van der Waals surface area (Å²) in [6, 6.07) is 2.50. The maximum absolute atomic E-state index is 12.2. The molecular formula is C12H16N2OS. The quantitative estimate of drug-likeness (QED) is 0.839. The highest BCUT2D eigenvalue weighted by atomic mass is 32.1. The van der Waals surface area contributed by atoms with E-state index in [-0.39, 0.29) is 5.91 Å². The molecule has 1 aliphatic carbocycles. The van der Waals surface area contributed by atoms with Crippen LogP contribution in [0.4, 0.5) is 0 Å². The fourth-order valence-electron chi connectivity index (χ4n) is 2.32. The molecule has 1 saturated heterocycles. The van der Waals surface area contributed by atoms with E-state index in [1.165, 1.54) is 23.3 Å². The van der Waals surface area contributed by atoms with Crippen LogP contribution in [0, 0.1) is 0 Å². The lowest BCUT2D eigenvalue weighted by Gasteiger charge is -2.35. The summed E-state index contributed by atoms with van der Waals surface area (Å²) in [4.78, 5) is 16.4. The summed E-state index contributed by atoms with van der Waals surface area (Å²) in [7, 11) is 1.92. The maximum atomic E-state index is 12.2. The van der Waals surface area contributed by atoms with Crippen molar-refractivity contribution in [3.8, 4) is 0 Å². The van der Waals surface area contributed by atoms with Crippen molar-refractivity contribution in [3.63, 3.8) is 0 Å². The predicted molar refractivity (Wildman–Crippen MR) is 65.1 cm³/mol. The molecule has 2 heterocycles. The van der Waals surface area contributed by atoms with Crippen molar-refractivity contribution < 1.29 is 4.79 Å². The highest BCUT2D eigenvalue weighted by Crippen LogP contribution is 2.31. The Morgan fingerprint density at radius 1 is 1.50 bits per heavy atom. The minimum absolute atomic E-state index is 0.200. The third-order valence-electron chi connectivity index (χ3n) is 3.59. The van der Waals surface area contributed by atoms with Gasteiger partial charge in [-0.3, -0.25) is 4.79 Å². The van der Waals surface area contributed by atoms with Crippen LogP contribution in [0.3, 0.4) is 0 Å². The maximum Gasteiger partial charge on any atom is 0.264 e. The molecule has 4 heteroatoms. The first kappa shape index (κ1) is 10.3. The number of carbonyl (C=O) groups is 1. The van der Waals surface area contributed by atoms with Crippen molar-refractivity contribution >= 4 is 17.2 Å². The van der Waals surface area contributed by atoms with Crippen molar-refractivity contribution in [1.82, 2.24) is 10.2 Å². The number of thiophene rings is 1. The number of hydrogen-bond acceptors (Lipinski definition) is 3. The zero-order valence-electron chi connectivity index (χ0n) is 9.45. The number of aryl methyl sites for hydroxylation is 2. The lowest BCUT2D eigenvalue weighted by Crippen LogP contribution is -2.57. The van der Waals surface area contributed by atoms with Crippen LogP contribution in [0.15, 0.2) is 6.07 Å². The van der Waals surface area contributed by atoms with Crippen LogP contribution < -0.4 is 5.32 Å². The molecule has 0 saturated carbocycles. The second kappa shape index (κ2) is 3.86. The highest BCUT2D eigenvalue weighted by Gasteiger charge is 2.28. The molecule has 0 bridgehead atoms. The van der Waals surface area contributed by atoms with E-state index in [1.807, 2.05) is 11.9 Å². The van der Waals surface area contributed by atoms with Gasteiger partial charge >= 0.3 is 0 Å². The number of fused-ring (bicyclic) bond motifs is 1. The summed E-state index contributed by atoms with van der Waals surface area (Å²) >= 11 is 1.70. The lowest BCUT2D eigenvalue weighted by molar-refractivity contribution is 0.0686. The molecule has 1 N–H and O–H groups in total. The Bertz CT molecular complexity index is 401. The van der Waals surface area contributed by atoms with Crippen LogP contribution in [0.25, 0.3) is 0 Å². The predicted octanol–water partition coefficient (Wildman–Crippen LogP) is 1.28. The first-order chi connectivity index (χ1) is 7.75. The Morgan fingerprint density at radius 3 is 2.94 bits per heavy atom. The van der Waals surface area contributed by atoms with E-state index in [1.54, 1.807) is 11.3 Å². The third kappa shape index (κ3) is 1.57. The number of amides is 1. The number of hydrogen-bond donors (Lipinski definition) is 1. The highest BCUT2D eigenvalue weighted by molar-refractivity contribution is 7.14. The molecule has 16 heavy (non-hydrogen) atoms. The van der Waals surface area contributed by atoms with Gasteiger partial charge in [-0.15, -0.1) is 11.3 Å². The van der Waals surface area contributed by atoms with E-state index >= 15 is 0 Å². The normalized spacial score (nSPS) is 19.3. The number of nitrogens with zero attached hydrogens (tertiary/aromatic N) is 1. The van der Waals surface area contributed by atoms with Crippen molar-refractivity contribution in [2.75, 3.05) is 20.1 Å². The lowest BCUT2D eigenvalue weighted by atomic mass is 10.1. The zero-order valence-corrected chi connectivity index (χ0v) is 10.3. The van der Waals surface area contributed by atoms with E-state index in [4.69, 9.17) is 0 Å². The largest absolute Gasteiger partial charge is 0.335 e. The van der Waals surface area contributed by atoms with E-state index in [2.05, 4.69) is 11.4 Å². The fraction of sp³-hybridized carbons (Fsp3) is 0.583. The number of likely N-dealkylation sites (N-methyl/N-ethyl adjacent to an activating group) is 1. The van der Waals surface area contributed by atoms with E-state index in [0.717, 1.165) is 24.4 Å². The van der Waals surface area contributed by atoms with Crippen LogP contribution in [-0.4, -0.2) is 37.0 Å². The molecule has 0 aromatic carbocycles. The van der Waals surface area contributed by atoms with Gasteiger partial charge in [-0.2, -0.15) is 0 Å². The first-order valence-electron chi connectivity index (χ1n) is 5.85. The first-order valence-corrected chi connectivity index (χ1v) is 6.67. The molecule has 1 aromatic rings. The molecule has 2 aliphatic rings. The monoisotopic (exact) mass is 236 g/mol. The molecule has 1 fully saturated rings. The van der Waals surface area contributed by atoms with Crippen LogP contribution in [0.5, 0.6) is 0 Å². The number of carbonyl (C=O) groups excluding carboxylic acids is 1. The summed E-state index contributed by atoms with van der Waals surface area (Å²) in [6.07, 6.45) is 3.59. The number of nitrogens with one attached hydrogen (secondary N) is 1. The Morgan fingerprint density at radius 2 is 2.31 bits per heavy atom. The molecule has 0 radical (unpaired) electrons. The van der Waals surface area contributed by atoms with Crippen molar-refractivity contribution in [1.29, 1.82) is 0 Å². The molecule has 0 spiro atoms. The molecule has 0 unspecified atom stereocenters. The summed E-state index contributed by atoms with van der Waals surface area (Å²) < 4.78 is 0. The molecule has 1 aliphatic heterocycles. The zero-order chi connectivity index (χ0) is 11.1. The second-order valence-corrected chi connectivity index (χ2v) is 5.78. The third-order valence-corrected chi connectivity index (χ3v) is 4.81. The van der Waals surface area contributed by atoms with Gasteiger partial charge in [0.25, 0.3) is 5.91 Å². The Balaban J connectivity index is 1.77. The van der Waals surface area contributed by atoms with E-state index in [9.17, 15) is 4.79 Å². The minimum Gasteiger partial charge on any atom is -0.335 e. The summed E-state index contributed by atoms with van der Waals surface area (Å²) in [6.45, 7) is 1.88. The van der Waals surface area contributed by atoms with Gasteiger partial charge in [0.1, 0.15) is 0 Å². The van der Waals surface area contributed by atoms with E-state index in [0.29, 0.717) is 6.04 Å². The van der Waals surface area contributed by atoms with Crippen LogP contribution >= 0.6 is 11.3 Å². The van der Waals surface area contributed by atoms with Crippen molar-refractivity contribution in [3.05, 3.63) is 21.4 Å². The van der Waals surface area contributed by atoms with Crippen LogP contribution in [0.2, 0.25) is 0 Å². The van der Waals surface area contributed by atoms with Gasteiger partial charge in [0, 0.05) is 25.0 Å². The van der Waals surface area contributed by atoms with Gasteiger partial charge in [-0.25, -0.2) is 0 Å². The average Bonchev–Trinajstić information content (AvgIpc) is 2.72. The molecule has 0 atom stereocenters. The van der Waals surface area contributed by atoms with Gasteiger partial charge in [0.15, 0.2) is 0 Å². The van der Waals surface area contributed by atoms with Gasteiger partial charge < -0.3 is 10.2 Å². The SMILES string of the molecule is CN(C(=O)c1cc2c(s1)CCC2)C1CNC1. The Kier molecular flexibility index (Phi) is 2.48. The standard InChI is InChI=1S/C12H16N2OS/c1-14(9-6-13-7-9)12(15)11-5-8-3-2-4-10(8)16-11/h5,9,13H,2-4,6-7H2,1H3. The molecule has 3 nitrogen and oxygen atoms in total. The van der Waals surface area contributed by atoms with Crippen molar-refractivity contribution in [2.45, 2.75) is 25.3 Å². The summed E-state index contributed by atoms with van der Waals surface area (Å²) in [5.74, 6) is 0.200. The summed E-state index contributed by atoms with van der Waals surface area (Å²) in [5, 5.41) is 3.20. The van der Waals surface area contributed by atoms with Crippen LogP contribution in [-0.2, 0) is 12.8 Å². The van der Waals surface area contributed by atoms with E-state index < -0.39 is 0 Å². The molecular weight excluding hydrogens is 220 g/mol. The molecule has 1 aromatic heterocycles. The van der Waals surface area contributed by atoms with Gasteiger partial charge in [-0.05, 0) is 30.9 Å². The van der Waals surface area contributed by atoms with Crippen LogP contribution in [0.1, 0.15) is 26.5 Å². The molecule has 86 valence electrons. The molecule has 1 amide bonds. The fourth-order valence-corrected chi connectivity index (χ4v) is 3.56. The van der Waals surface area contributed by atoms with Crippen molar-refractivity contribution in [2.24, 2.45) is 0 Å². The van der Waals surface area contributed by atoms with Gasteiger partial charge in [0.05, 0.1) is 10.9 Å². The smallest absolute Gasteiger partial charge is 0.264 e. The second-order valence-electron chi connectivity index (χ2n) is 4.64. The van der Waals surface area contributed by atoms with Gasteiger partial charge in [0.2, 0.25) is 0 Å². The minimum atomic E-state index is 0.200. The molecule has 3 rings (SSSR count). The topological polar surface area (TPSA) is 32.3 Å². The average molecular weight is 236 g/mol. The van der Waals surface area contributed by atoms with Gasteiger partial charge in [-0.1, -0.05) is 0 Å². The Labute approximate surface area is 99.5 Å².